The molecule has 0 spiro atoms. The molecular formula is C16H18ClNO. The minimum atomic E-state index is 0.123. The molecule has 2 aromatic rings. The summed E-state index contributed by atoms with van der Waals surface area (Å²) in [6.07, 6.45) is 7.28. The Morgan fingerprint density at radius 3 is 2.79 bits per heavy atom. The van der Waals surface area contributed by atoms with Crippen molar-refractivity contribution in [3.8, 4) is 0 Å². The van der Waals surface area contributed by atoms with Crippen LogP contribution in [0.25, 0.3) is 10.9 Å². The van der Waals surface area contributed by atoms with Crippen LogP contribution in [0.5, 0.6) is 0 Å². The quantitative estimate of drug-likeness (QED) is 0.745. The average Bonchev–Trinajstić information content (AvgIpc) is 2.98. The molecule has 0 atom stereocenters. The van der Waals surface area contributed by atoms with Crippen LogP contribution in [0, 0.1) is 5.92 Å². The maximum absolute atomic E-state index is 11.7. The number of carbonyl (C=O) groups is 1. The maximum atomic E-state index is 11.7. The Morgan fingerprint density at radius 1 is 1.37 bits per heavy atom. The number of Topliss-reactive ketones (excluding diaryl/α,β-unsaturated/α-hetero) is 1. The summed E-state index contributed by atoms with van der Waals surface area (Å²) in [6, 6.07) is 5.79. The van der Waals surface area contributed by atoms with E-state index in [-0.39, 0.29) is 5.78 Å². The lowest BCUT2D eigenvalue weighted by Gasteiger charge is -2.11. The molecule has 0 N–H and O–H groups in total. The third-order valence-electron chi connectivity index (χ3n) is 4.15. The highest BCUT2D eigenvalue weighted by molar-refractivity contribution is 6.31. The first-order chi connectivity index (χ1) is 9.15. The third-order valence-corrected chi connectivity index (χ3v) is 4.39. The van der Waals surface area contributed by atoms with E-state index in [1.54, 1.807) is 6.92 Å². The van der Waals surface area contributed by atoms with Gasteiger partial charge in [0.1, 0.15) is 0 Å². The molecule has 0 saturated heterocycles. The van der Waals surface area contributed by atoms with E-state index in [1.165, 1.54) is 25.7 Å². The summed E-state index contributed by atoms with van der Waals surface area (Å²) in [5, 5.41) is 1.75. The van der Waals surface area contributed by atoms with E-state index in [9.17, 15) is 4.79 Å². The first-order valence-electron chi connectivity index (χ1n) is 6.94. The van der Waals surface area contributed by atoms with Gasteiger partial charge in [-0.1, -0.05) is 30.5 Å². The average molecular weight is 276 g/mol. The zero-order valence-corrected chi connectivity index (χ0v) is 11.9. The molecule has 3 heteroatoms. The number of fused-ring (bicyclic) bond motifs is 1. The largest absolute Gasteiger partial charge is 0.346 e. The molecule has 2 nitrogen and oxygen atoms in total. The molecule has 0 bridgehead atoms. The van der Waals surface area contributed by atoms with E-state index < -0.39 is 0 Å². The second-order valence-electron chi connectivity index (χ2n) is 5.56. The number of hydrogen-bond acceptors (Lipinski definition) is 1. The Labute approximate surface area is 118 Å². The van der Waals surface area contributed by atoms with Crippen LogP contribution in [0.4, 0.5) is 0 Å². The summed E-state index contributed by atoms with van der Waals surface area (Å²) in [4.78, 5) is 11.7. The Bertz CT molecular complexity index is 623. The Hall–Kier alpha value is -1.28. The topological polar surface area (TPSA) is 22.0 Å². The van der Waals surface area contributed by atoms with Gasteiger partial charge in [0.25, 0.3) is 0 Å². The zero-order valence-electron chi connectivity index (χ0n) is 11.2. The van der Waals surface area contributed by atoms with Gasteiger partial charge in [0.05, 0.1) is 5.52 Å². The highest BCUT2D eigenvalue weighted by Crippen LogP contribution is 2.30. The fraction of sp³-hybridized carbons (Fsp3) is 0.438. The number of ketones is 1. The van der Waals surface area contributed by atoms with Gasteiger partial charge in [0.15, 0.2) is 5.78 Å². The molecule has 1 aromatic carbocycles. The molecule has 1 heterocycles. The molecule has 1 aromatic heterocycles. The summed E-state index contributed by atoms with van der Waals surface area (Å²) in [7, 11) is 0. The smallest absolute Gasteiger partial charge is 0.161 e. The van der Waals surface area contributed by atoms with Crippen LogP contribution < -0.4 is 0 Å². The lowest BCUT2D eigenvalue weighted by molar-refractivity contribution is 0.101. The number of halogens is 1. The zero-order chi connectivity index (χ0) is 13.4. The van der Waals surface area contributed by atoms with Crippen molar-refractivity contribution in [2.45, 2.75) is 39.2 Å². The summed E-state index contributed by atoms with van der Waals surface area (Å²) in [5.74, 6) is 0.867. The van der Waals surface area contributed by atoms with Crippen LogP contribution in [0.1, 0.15) is 43.0 Å². The molecule has 0 radical (unpaired) electrons. The van der Waals surface area contributed by atoms with Gasteiger partial charge < -0.3 is 4.57 Å². The van der Waals surface area contributed by atoms with Gasteiger partial charge >= 0.3 is 0 Å². The number of hydrogen-bond donors (Lipinski definition) is 0. The predicted molar refractivity (Wildman–Crippen MR) is 78.9 cm³/mol. The Balaban J connectivity index is 2.06. The van der Waals surface area contributed by atoms with Gasteiger partial charge in [-0.2, -0.15) is 0 Å². The molecule has 0 amide bonds. The summed E-state index contributed by atoms with van der Waals surface area (Å²) < 4.78 is 2.22. The lowest BCUT2D eigenvalue weighted by atomic mass is 10.1. The van der Waals surface area contributed by atoms with Crippen molar-refractivity contribution in [3.05, 3.63) is 35.0 Å². The molecule has 1 aliphatic rings. The van der Waals surface area contributed by atoms with Crippen molar-refractivity contribution in [1.29, 1.82) is 0 Å². The standard InChI is InChI=1S/C16H18ClNO/c1-11(19)15-10-18(9-12-4-2-3-5-12)16-8-13(17)6-7-14(15)16/h6-8,10,12H,2-5,9H2,1H3. The van der Waals surface area contributed by atoms with Gasteiger partial charge in [-0.3, -0.25) is 4.79 Å². The molecule has 1 saturated carbocycles. The number of carbonyl (C=O) groups excluding carboxylic acids is 1. The van der Waals surface area contributed by atoms with Crippen LogP contribution in [0.15, 0.2) is 24.4 Å². The van der Waals surface area contributed by atoms with Gasteiger partial charge in [0.2, 0.25) is 0 Å². The van der Waals surface area contributed by atoms with Crippen LogP contribution in [0.3, 0.4) is 0 Å². The van der Waals surface area contributed by atoms with Gasteiger partial charge in [-0.05, 0) is 37.8 Å². The van der Waals surface area contributed by atoms with Crippen LogP contribution in [0.2, 0.25) is 5.02 Å². The highest BCUT2D eigenvalue weighted by atomic mass is 35.5. The minimum absolute atomic E-state index is 0.123. The molecular weight excluding hydrogens is 258 g/mol. The van der Waals surface area contributed by atoms with Crippen molar-refractivity contribution in [1.82, 2.24) is 4.57 Å². The van der Waals surface area contributed by atoms with Crippen molar-refractivity contribution in [3.63, 3.8) is 0 Å². The molecule has 19 heavy (non-hydrogen) atoms. The first kappa shape index (κ1) is 12.7. The van der Waals surface area contributed by atoms with Crippen molar-refractivity contribution >= 4 is 28.3 Å². The maximum Gasteiger partial charge on any atom is 0.161 e. The first-order valence-corrected chi connectivity index (χ1v) is 7.32. The van der Waals surface area contributed by atoms with E-state index >= 15 is 0 Å². The fourth-order valence-corrected chi connectivity index (χ4v) is 3.33. The molecule has 100 valence electrons. The SMILES string of the molecule is CC(=O)c1cn(CC2CCCC2)c2cc(Cl)ccc12. The van der Waals surface area contributed by atoms with Gasteiger partial charge in [-0.25, -0.2) is 0 Å². The summed E-state index contributed by atoms with van der Waals surface area (Å²) in [5.41, 5.74) is 1.90. The van der Waals surface area contributed by atoms with Crippen molar-refractivity contribution < 1.29 is 4.79 Å². The fourth-order valence-electron chi connectivity index (χ4n) is 3.17. The minimum Gasteiger partial charge on any atom is -0.346 e. The van der Waals surface area contributed by atoms with E-state index in [4.69, 9.17) is 11.6 Å². The molecule has 3 rings (SSSR count). The van der Waals surface area contributed by atoms with Gasteiger partial charge in [0, 0.05) is 28.7 Å². The number of aromatic nitrogens is 1. The second kappa shape index (κ2) is 5.01. The molecule has 1 fully saturated rings. The van der Waals surface area contributed by atoms with E-state index in [0.29, 0.717) is 0 Å². The molecule has 0 aliphatic heterocycles. The summed E-state index contributed by atoms with van der Waals surface area (Å²) >= 11 is 6.10. The molecule has 1 aliphatic carbocycles. The number of rotatable bonds is 3. The van der Waals surface area contributed by atoms with Gasteiger partial charge in [-0.15, -0.1) is 0 Å². The Kier molecular flexibility index (Phi) is 3.36. The summed E-state index contributed by atoms with van der Waals surface area (Å²) in [6.45, 7) is 2.63. The molecule has 0 unspecified atom stereocenters. The normalized spacial score (nSPS) is 16.3. The highest BCUT2D eigenvalue weighted by Gasteiger charge is 2.18. The monoisotopic (exact) mass is 275 g/mol. The number of benzene rings is 1. The Morgan fingerprint density at radius 2 is 2.11 bits per heavy atom. The van der Waals surface area contributed by atoms with Crippen molar-refractivity contribution in [2.24, 2.45) is 5.92 Å². The number of nitrogens with zero attached hydrogens (tertiary/aromatic N) is 1. The third kappa shape index (κ3) is 2.42. The van der Waals surface area contributed by atoms with Crippen LogP contribution in [-0.4, -0.2) is 10.4 Å². The van der Waals surface area contributed by atoms with E-state index in [1.807, 2.05) is 24.4 Å². The lowest BCUT2D eigenvalue weighted by Crippen LogP contribution is -2.06. The second-order valence-corrected chi connectivity index (χ2v) is 6.00. The van der Waals surface area contributed by atoms with E-state index in [0.717, 1.165) is 34.0 Å². The van der Waals surface area contributed by atoms with E-state index in [2.05, 4.69) is 4.57 Å². The predicted octanol–water partition coefficient (Wildman–Crippen LogP) is 4.69. The van der Waals surface area contributed by atoms with Crippen LogP contribution >= 0.6 is 11.6 Å². The van der Waals surface area contributed by atoms with Crippen molar-refractivity contribution in [2.75, 3.05) is 0 Å². The van der Waals surface area contributed by atoms with Crippen LogP contribution in [-0.2, 0) is 6.54 Å².